The van der Waals surface area contributed by atoms with E-state index in [2.05, 4.69) is 5.10 Å². The first kappa shape index (κ1) is 17.6. The molecule has 20 heavy (non-hydrogen) atoms. The molecule has 0 bridgehead atoms. The predicted octanol–water partition coefficient (Wildman–Crippen LogP) is 3.87. The van der Waals surface area contributed by atoms with Crippen molar-refractivity contribution in [3.8, 4) is 0 Å². The quantitative estimate of drug-likeness (QED) is 0.590. The van der Waals surface area contributed by atoms with Crippen molar-refractivity contribution in [1.82, 2.24) is 9.78 Å². The van der Waals surface area contributed by atoms with Gasteiger partial charge in [-0.3, -0.25) is 4.79 Å². The fourth-order valence-corrected chi connectivity index (χ4v) is 3.34. The van der Waals surface area contributed by atoms with Crippen LogP contribution in [0, 0.1) is 13.8 Å². The maximum Gasteiger partial charge on any atom is 0.274 e. The molecule has 1 rings (SSSR count). The van der Waals surface area contributed by atoms with Crippen LogP contribution in [0.2, 0.25) is 0 Å². The van der Waals surface area contributed by atoms with Gasteiger partial charge in [0.25, 0.3) is 5.91 Å². The molecule has 0 radical (unpaired) electrons. The van der Waals surface area contributed by atoms with Crippen molar-refractivity contribution in [2.75, 3.05) is 0 Å². The van der Waals surface area contributed by atoms with Crippen LogP contribution in [0.4, 0.5) is 0 Å². The second-order valence-electron chi connectivity index (χ2n) is 5.11. The second kappa shape index (κ2) is 7.51. The fourth-order valence-electron chi connectivity index (χ4n) is 1.59. The van der Waals surface area contributed by atoms with Crippen molar-refractivity contribution in [1.29, 1.82) is 0 Å². The van der Waals surface area contributed by atoms with Gasteiger partial charge in [-0.05, 0) is 47.6 Å². The highest BCUT2D eigenvalue weighted by molar-refractivity contribution is 7.51. The highest BCUT2D eigenvalue weighted by Crippen LogP contribution is 2.48. The van der Waals surface area contributed by atoms with Crippen LogP contribution in [0.5, 0.6) is 0 Å². The first-order chi connectivity index (χ1) is 9.22. The Morgan fingerprint density at radius 1 is 1.25 bits per heavy atom. The van der Waals surface area contributed by atoms with E-state index in [9.17, 15) is 4.79 Å². The Bertz CT molecular complexity index is 452. The van der Waals surface area contributed by atoms with Gasteiger partial charge in [-0.2, -0.15) is 5.10 Å². The Hall–Kier alpha value is -0.480. The Labute approximate surface area is 126 Å². The topological polar surface area (TPSA) is 53.4 Å². The predicted molar refractivity (Wildman–Crippen MR) is 81.3 cm³/mol. The van der Waals surface area contributed by atoms with Gasteiger partial charge in [-0.25, -0.2) is 4.68 Å². The molecule has 0 aromatic carbocycles. The summed E-state index contributed by atoms with van der Waals surface area (Å²) in [6, 6.07) is 1.83. The molecule has 0 saturated heterocycles. The molecule has 5 nitrogen and oxygen atoms in total. The number of hydrogen-bond donors (Lipinski definition) is 0. The summed E-state index contributed by atoms with van der Waals surface area (Å²) in [7, 11) is -1.51. The van der Waals surface area contributed by atoms with Gasteiger partial charge in [0, 0.05) is 5.69 Å². The summed E-state index contributed by atoms with van der Waals surface area (Å²) in [6.07, 6.45) is -0.122. The first-order valence-electron chi connectivity index (χ1n) is 6.56. The van der Waals surface area contributed by atoms with Crippen LogP contribution in [-0.2, 0) is 9.05 Å². The maximum absolute atomic E-state index is 12.4. The fraction of sp³-hybridized carbons (Fsp3) is 0.692. The zero-order valence-electron chi connectivity index (χ0n) is 12.8. The minimum absolute atomic E-state index is 0.0608. The number of halogens is 1. The van der Waals surface area contributed by atoms with Crippen molar-refractivity contribution in [2.45, 2.75) is 58.9 Å². The van der Waals surface area contributed by atoms with Gasteiger partial charge in [0.05, 0.1) is 17.9 Å². The molecule has 1 heterocycles. The number of hydrogen-bond acceptors (Lipinski definition) is 4. The molecule has 114 valence electrons. The molecule has 0 aliphatic heterocycles. The molecule has 1 atom stereocenters. The Morgan fingerprint density at radius 3 is 2.10 bits per heavy atom. The van der Waals surface area contributed by atoms with Gasteiger partial charge in [0.15, 0.2) is 13.5 Å². The van der Waals surface area contributed by atoms with Crippen LogP contribution in [0.1, 0.15) is 43.9 Å². The highest BCUT2D eigenvalue weighted by atomic mass is 35.5. The number of aryl methyl sites for hydroxylation is 2. The summed E-state index contributed by atoms with van der Waals surface area (Å²) in [4.78, 5) is 12.4. The molecule has 0 spiro atoms. The van der Waals surface area contributed by atoms with Crippen molar-refractivity contribution in [3.63, 3.8) is 0 Å². The monoisotopic (exact) mass is 320 g/mol. The van der Waals surface area contributed by atoms with Crippen LogP contribution in [0.25, 0.3) is 0 Å². The van der Waals surface area contributed by atoms with Crippen LogP contribution >= 0.6 is 20.0 Å². The number of carbonyl (C=O) groups is 1. The summed E-state index contributed by atoms with van der Waals surface area (Å²) in [6.45, 7) is 11.2. The average Bonchev–Trinajstić information content (AvgIpc) is 2.64. The molecule has 0 aliphatic carbocycles. The van der Waals surface area contributed by atoms with E-state index in [0.717, 1.165) is 11.4 Å². The number of alkyl halides is 1. The second-order valence-corrected chi connectivity index (χ2v) is 7.36. The van der Waals surface area contributed by atoms with Gasteiger partial charge in [-0.1, -0.05) is 0 Å². The number of aromatic nitrogens is 2. The van der Waals surface area contributed by atoms with Crippen molar-refractivity contribution < 1.29 is 13.8 Å². The minimum atomic E-state index is -1.51. The summed E-state index contributed by atoms with van der Waals surface area (Å²) < 4.78 is 12.6. The molecular weight excluding hydrogens is 299 g/mol. The van der Waals surface area contributed by atoms with E-state index in [4.69, 9.17) is 20.6 Å². The third-order valence-electron chi connectivity index (χ3n) is 2.24. The molecule has 1 unspecified atom stereocenters. The normalized spacial score (nSPS) is 13.5. The summed E-state index contributed by atoms with van der Waals surface area (Å²) >= 11 is 6.27. The van der Waals surface area contributed by atoms with E-state index < -0.39 is 13.5 Å². The number of carbonyl (C=O) groups excluding carboxylic acids is 1. The van der Waals surface area contributed by atoms with Gasteiger partial charge in [0.1, 0.15) is 0 Å². The van der Waals surface area contributed by atoms with Crippen LogP contribution in [0.15, 0.2) is 6.07 Å². The molecule has 0 amide bonds. The average molecular weight is 321 g/mol. The number of rotatable bonds is 6. The van der Waals surface area contributed by atoms with E-state index in [0.29, 0.717) is 0 Å². The highest BCUT2D eigenvalue weighted by Gasteiger charge is 2.33. The Kier molecular flexibility index (Phi) is 6.59. The lowest BCUT2D eigenvalue weighted by Gasteiger charge is -2.24. The van der Waals surface area contributed by atoms with E-state index in [-0.39, 0.29) is 18.1 Å². The van der Waals surface area contributed by atoms with E-state index in [1.54, 1.807) is 0 Å². The molecule has 7 heteroatoms. The lowest BCUT2D eigenvalue weighted by Crippen LogP contribution is -2.25. The zero-order valence-corrected chi connectivity index (χ0v) is 14.4. The van der Waals surface area contributed by atoms with Crippen LogP contribution in [-0.4, -0.2) is 33.0 Å². The third kappa shape index (κ3) is 4.81. The van der Waals surface area contributed by atoms with Gasteiger partial charge in [-0.15, -0.1) is 11.6 Å². The lowest BCUT2D eigenvalue weighted by atomic mass is 10.4. The Morgan fingerprint density at radius 2 is 1.75 bits per heavy atom. The first-order valence-corrected chi connectivity index (χ1v) is 8.25. The van der Waals surface area contributed by atoms with Crippen LogP contribution in [0.3, 0.4) is 0 Å². The summed E-state index contributed by atoms with van der Waals surface area (Å²) in [5, 5.41) is 3.27. The smallest absolute Gasteiger partial charge is 0.274 e. The van der Waals surface area contributed by atoms with Crippen molar-refractivity contribution >= 4 is 25.9 Å². The third-order valence-corrected chi connectivity index (χ3v) is 4.75. The van der Waals surface area contributed by atoms with Crippen molar-refractivity contribution in [2.24, 2.45) is 0 Å². The molecule has 1 aromatic heterocycles. The number of nitrogens with zero attached hydrogens (tertiary/aromatic N) is 2. The van der Waals surface area contributed by atoms with Crippen LogP contribution < -0.4 is 0 Å². The molecule has 0 N–H and O–H groups in total. The zero-order chi connectivity index (χ0) is 15.4. The van der Waals surface area contributed by atoms with Gasteiger partial charge < -0.3 is 9.05 Å². The van der Waals surface area contributed by atoms with Gasteiger partial charge in [0.2, 0.25) is 0 Å². The van der Waals surface area contributed by atoms with Gasteiger partial charge >= 0.3 is 0 Å². The molecule has 1 aromatic rings. The Balaban J connectivity index is 2.90. The maximum atomic E-state index is 12.4. The van der Waals surface area contributed by atoms with Crippen molar-refractivity contribution in [3.05, 3.63) is 17.5 Å². The minimum Gasteiger partial charge on any atom is -0.330 e. The standard InChI is InChI=1S/C13H22ClN2O3P/c1-8(2)18-20(19-9(3)4)12(14)13(17)16-11(6)7-10(5)15-16/h7-9,12H,1-6H3. The molecule has 0 aliphatic rings. The van der Waals surface area contributed by atoms with E-state index >= 15 is 0 Å². The molecule has 0 fully saturated rings. The molecule has 0 saturated carbocycles. The summed E-state index contributed by atoms with van der Waals surface area (Å²) in [5.41, 5.74) is 1.53. The largest absolute Gasteiger partial charge is 0.330 e. The lowest BCUT2D eigenvalue weighted by molar-refractivity contribution is 0.0896. The summed E-state index contributed by atoms with van der Waals surface area (Å²) in [5.74, 6) is -0.315. The SMILES string of the molecule is Cc1cc(C)n(C(=O)C(Cl)P(OC(C)C)OC(C)C)n1. The van der Waals surface area contributed by atoms with E-state index in [1.165, 1.54) is 4.68 Å². The van der Waals surface area contributed by atoms with E-state index in [1.807, 2.05) is 47.6 Å². The molecular formula is C13H22ClN2O3P.